The van der Waals surface area contributed by atoms with E-state index >= 15 is 0 Å². The molecule has 0 atom stereocenters. The first-order chi connectivity index (χ1) is 11.5. The van der Waals surface area contributed by atoms with Crippen LogP contribution in [-0.4, -0.2) is 30.7 Å². The van der Waals surface area contributed by atoms with Crippen molar-refractivity contribution in [2.75, 3.05) is 19.6 Å². The van der Waals surface area contributed by atoms with Crippen molar-refractivity contribution in [3.05, 3.63) is 71.8 Å². The summed E-state index contributed by atoms with van der Waals surface area (Å²) in [5, 5.41) is 0. The van der Waals surface area contributed by atoms with Gasteiger partial charge in [0.25, 0.3) is 0 Å². The lowest BCUT2D eigenvalue weighted by molar-refractivity contribution is -0.0959. The average Bonchev–Trinajstić information content (AvgIpc) is 2.61. The van der Waals surface area contributed by atoms with Crippen molar-refractivity contribution in [1.29, 1.82) is 0 Å². The van der Waals surface area contributed by atoms with Gasteiger partial charge in [0.05, 0.1) is 0 Å². The summed E-state index contributed by atoms with van der Waals surface area (Å²) >= 11 is 0. The minimum atomic E-state index is -4.17. The molecule has 2 aromatic rings. The third-order valence-electron chi connectivity index (χ3n) is 4.44. The van der Waals surface area contributed by atoms with Gasteiger partial charge in [-0.1, -0.05) is 60.7 Å². The van der Waals surface area contributed by atoms with Gasteiger partial charge in [0.1, 0.15) is 0 Å². The Morgan fingerprint density at radius 3 is 2.12 bits per heavy atom. The molecule has 0 fully saturated rings. The maximum atomic E-state index is 12.6. The van der Waals surface area contributed by atoms with E-state index in [1.807, 2.05) is 18.2 Å². The fourth-order valence-electron chi connectivity index (χ4n) is 2.95. The molecule has 0 N–H and O–H groups in total. The van der Waals surface area contributed by atoms with Crippen LogP contribution in [0.4, 0.5) is 13.2 Å². The first-order valence-corrected chi connectivity index (χ1v) is 8.15. The first kappa shape index (κ1) is 16.8. The Labute approximate surface area is 140 Å². The van der Waals surface area contributed by atoms with Gasteiger partial charge in [0, 0.05) is 25.2 Å². The molecule has 0 aliphatic carbocycles. The van der Waals surface area contributed by atoms with E-state index in [9.17, 15) is 13.2 Å². The largest absolute Gasteiger partial charge is 0.412 e. The maximum Gasteiger partial charge on any atom is 0.412 e. The van der Waals surface area contributed by atoms with Crippen molar-refractivity contribution in [3.8, 4) is 11.1 Å². The molecule has 1 nitrogen and oxygen atoms in total. The second-order valence-corrected chi connectivity index (χ2v) is 6.09. The Hall–Kier alpha value is -2.07. The second-order valence-electron chi connectivity index (χ2n) is 6.09. The molecule has 0 radical (unpaired) electrons. The topological polar surface area (TPSA) is 3.24 Å². The zero-order chi connectivity index (χ0) is 17.0. The van der Waals surface area contributed by atoms with E-state index in [2.05, 4.69) is 41.3 Å². The van der Waals surface area contributed by atoms with Crippen LogP contribution in [0, 0.1) is 0 Å². The molecule has 3 rings (SSSR count). The summed E-state index contributed by atoms with van der Waals surface area (Å²) in [5.41, 5.74) is 3.19. The molecule has 0 aromatic heterocycles. The highest BCUT2D eigenvalue weighted by Gasteiger charge is 2.34. The number of benzene rings is 2. The number of rotatable bonds is 4. The lowest BCUT2D eigenvalue weighted by Crippen LogP contribution is -2.33. The lowest BCUT2D eigenvalue weighted by Gasteiger charge is -2.27. The first-order valence-electron chi connectivity index (χ1n) is 8.15. The van der Waals surface area contributed by atoms with Crippen molar-refractivity contribution in [2.45, 2.75) is 19.0 Å². The number of hydrogen-bond donors (Lipinski definition) is 0. The molecule has 1 aliphatic rings. The van der Waals surface area contributed by atoms with Gasteiger partial charge in [-0.25, -0.2) is 0 Å². The van der Waals surface area contributed by atoms with Crippen LogP contribution in [0.15, 0.2) is 66.2 Å². The molecular formula is C20H20F3N. The van der Waals surface area contributed by atoms with Crippen molar-refractivity contribution < 1.29 is 13.2 Å². The van der Waals surface area contributed by atoms with E-state index in [1.165, 1.54) is 22.8 Å². The van der Waals surface area contributed by atoms with Crippen LogP contribution in [0.25, 0.3) is 11.1 Å². The van der Waals surface area contributed by atoms with Crippen LogP contribution in [0.2, 0.25) is 0 Å². The SMILES string of the molecule is FC(F)(F)C1=CCN(CCc2ccc(-c3ccccc3)cc2)CC1. The normalized spacial score (nSPS) is 16.0. The molecule has 0 bridgehead atoms. The van der Waals surface area contributed by atoms with Gasteiger partial charge in [-0.15, -0.1) is 0 Å². The van der Waals surface area contributed by atoms with E-state index in [4.69, 9.17) is 0 Å². The Morgan fingerprint density at radius 2 is 1.54 bits per heavy atom. The smallest absolute Gasteiger partial charge is 0.299 e. The summed E-state index contributed by atoms with van der Waals surface area (Å²) in [6.07, 6.45) is -1.90. The number of nitrogens with zero attached hydrogens (tertiary/aromatic N) is 1. The van der Waals surface area contributed by atoms with Gasteiger partial charge in [-0.3, -0.25) is 4.90 Å². The summed E-state index contributed by atoms with van der Waals surface area (Å²) in [4.78, 5) is 2.07. The predicted octanol–water partition coefficient (Wildman–Crippen LogP) is 5.09. The summed E-state index contributed by atoms with van der Waals surface area (Å²) in [6, 6.07) is 18.6. The monoisotopic (exact) mass is 331 g/mol. The molecule has 126 valence electrons. The lowest BCUT2D eigenvalue weighted by atomic mass is 10.0. The zero-order valence-corrected chi connectivity index (χ0v) is 13.4. The molecule has 0 amide bonds. The highest BCUT2D eigenvalue weighted by atomic mass is 19.4. The number of hydrogen-bond acceptors (Lipinski definition) is 1. The number of halogens is 3. The van der Waals surface area contributed by atoms with Crippen LogP contribution < -0.4 is 0 Å². The summed E-state index contributed by atoms with van der Waals surface area (Å²) in [6.45, 7) is 1.65. The van der Waals surface area contributed by atoms with Crippen molar-refractivity contribution >= 4 is 0 Å². The standard InChI is InChI=1S/C20H20F3N/c21-20(22,23)19-11-14-24(15-12-19)13-10-16-6-8-18(9-7-16)17-4-2-1-3-5-17/h1-9,11H,10,12-15H2. The molecule has 1 aliphatic heterocycles. The van der Waals surface area contributed by atoms with E-state index in [-0.39, 0.29) is 12.0 Å². The Morgan fingerprint density at radius 1 is 0.875 bits per heavy atom. The highest BCUT2D eigenvalue weighted by molar-refractivity contribution is 5.63. The molecule has 4 heteroatoms. The Balaban J connectivity index is 1.54. The third-order valence-corrected chi connectivity index (χ3v) is 4.44. The fourth-order valence-corrected chi connectivity index (χ4v) is 2.95. The van der Waals surface area contributed by atoms with Gasteiger partial charge in [-0.05, 0) is 29.5 Å². The minimum absolute atomic E-state index is 0.0937. The summed E-state index contributed by atoms with van der Waals surface area (Å²) < 4.78 is 37.8. The van der Waals surface area contributed by atoms with Crippen molar-refractivity contribution in [2.24, 2.45) is 0 Å². The molecule has 2 aromatic carbocycles. The predicted molar refractivity (Wildman–Crippen MR) is 90.8 cm³/mol. The van der Waals surface area contributed by atoms with Crippen molar-refractivity contribution in [3.63, 3.8) is 0 Å². The maximum absolute atomic E-state index is 12.6. The Bertz CT molecular complexity index is 687. The summed E-state index contributed by atoms with van der Waals surface area (Å²) in [5.74, 6) is 0. The van der Waals surface area contributed by atoms with Crippen molar-refractivity contribution in [1.82, 2.24) is 4.90 Å². The second kappa shape index (κ2) is 7.22. The molecule has 1 heterocycles. The van der Waals surface area contributed by atoms with Crippen LogP contribution in [0.1, 0.15) is 12.0 Å². The molecule has 0 saturated carbocycles. The molecular weight excluding hydrogens is 311 g/mol. The minimum Gasteiger partial charge on any atom is -0.299 e. The highest BCUT2D eigenvalue weighted by Crippen LogP contribution is 2.30. The molecule has 0 saturated heterocycles. The number of alkyl halides is 3. The van der Waals surface area contributed by atoms with Gasteiger partial charge in [0.15, 0.2) is 0 Å². The molecule has 24 heavy (non-hydrogen) atoms. The van der Waals surface area contributed by atoms with Crippen LogP contribution in [0.3, 0.4) is 0 Å². The quantitative estimate of drug-likeness (QED) is 0.705. The van der Waals surface area contributed by atoms with Crippen LogP contribution in [-0.2, 0) is 6.42 Å². The van der Waals surface area contributed by atoms with Gasteiger partial charge >= 0.3 is 6.18 Å². The van der Waals surface area contributed by atoms with Crippen LogP contribution >= 0.6 is 0 Å². The van der Waals surface area contributed by atoms with E-state index in [1.54, 1.807) is 0 Å². The Kier molecular flexibility index (Phi) is 5.05. The third kappa shape index (κ3) is 4.26. The zero-order valence-electron chi connectivity index (χ0n) is 13.4. The van der Waals surface area contributed by atoms with Gasteiger partial charge < -0.3 is 0 Å². The van der Waals surface area contributed by atoms with Gasteiger partial charge in [-0.2, -0.15) is 13.2 Å². The van der Waals surface area contributed by atoms with E-state index in [0.29, 0.717) is 13.1 Å². The fraction of sp³-hybridized carbons (Fsp3) is 0.300. The van der Waals surface area contributed by atoms with E-state index < -0.39 is 6.18 Å². The summed E-state index contributed by atoms with van der Waals surface area (Å²) in [7, 11) is 0. The molecule has 0 unspecified atom stereocenters. The van der Waals surface area contributed by atoms with E-state index in [0.717, 1.165) is 13.0 Å². The molecule has 0 spiro atoms. The van der Waals surface area contributed by atoms with Gasteiger partial charge in [0.2, 0.25) is 0 Å². The average molecular weight is 331 g/mol. The van der Waals surface area contributed by atoms with Crippen LogP contribution in [0.5, 0.6) is 0 Å².